The summed E-state index contributed by atoms with van der Waals surface area (Å²) >= 11 is 8.00. The molecule has 5 heteroatoms. The number of aromatic nitrogens is 2. The molecule has 1 aliphatic carbocycles. The molecule has 1 saturated carbocycles. The predicted molar refractivity (Wildman–Crippen MR) is 70.2 cm³/mol. The standard InChI is InChI=1S/C11H16ClN3S/c1-2-16-9-5-3-4-8(9)15-11-10(12)13-6-7-14-11/h6-9H,2-5H2,1H3,(H,14,15). The summed E-state index contributed by atoms with van der Waals surface area (Å²) < 4.78 is 0. The third kappa shape index (κ3) is 2.80. The Balaban J connectivity index is 2.01. The van der Waals surface area contributed by atoms with E-state index in [4.69, 9.17) is 11.6 Å². The summed E-state index contributed by atoms with van der Waals surface area (Å²) in [5.74, 6) is 1.88. The van der Waals surface area contributed by atoms with Gasteiger partial charge in [0.2, 0.25) is 0 Å². The van der Waals surface area contributed by atoms with Gasteiger partial charge < -0.3 is 5.32 Å². The Morgan fingerprint density at radius 2 is 2.25 bits per heavy atom. The van der Waals surface area contributed by atoms with Gasteiger partial charge >= 0.3 is 0 Å². The molecule has 2 unspecified atom stereocenters. The lowest BCUT2D eigenvalue weighted by atomic mass is 10.2. The van der Waals surface area contributed by atoms with Crippen LogP contribution in [0, 0.1) is 0 Å². The minimum atomic E-state index is 0.467. The topological polar surface area (TPSA) is 37.8 Å². The number of hydrogen-bond donors (Lipinski definition) is 1. The van der Waals surface area contributed by atoms with Gasteiger partial charge in [0.05, 0.1) is 0 Å². The van der Waals surface area contributed by atoms with Crippen LogP contribution in [0.1, 0.15) is 26.2 Å². The van der Waals surface area contributed by atoms with Crippen molar-refractivity contribution in [1.29, 1.82) is 0 Å². The number of halogens is 1. The fourth-order valence-electron chi connectivity index (χ4n) is 2.10. The Labute approximate surface area is 105 Å². The lowest BCUT2D eigenvalue weighted by molar-refractivity contribution is 0.761. The molecule has 0 aromatic carbocycles. The highest BCUT2D eigenvalue weighted by Crippen LogP contribution is 2.32. The molecular formula is C11H16ClN3S. The van der Waals surface area contributed by atoms with Crippen molar-refractivity contribution >= 4 is 29.2 Å². The van der Waals surface area contributed by atoms with Crippen LogP contribution in [0.5, 0.6) is 0 Å². The number of hydrogen-bond acceptors (Lipinski definition) is 4. The van der Waals surface area contributed by atoms with Gasteiger partial charge in [0.1, 0.15) is 0 Å². The molecular weight excluding hydrogens is 242 g/mol. The van der Waals surface area contributed by atoms with Crippen LogP contribution in [-0.4, -0.2) is 27.0 Å². The summed E-state index contributed by atoms with van der Waals surface area (Å²) in [5, 5.41) is 4.57. The minimum absolute atomic E-state index is 0.467. The molecule has 0 radical (unpaired) electrons. The summed E-state index contributed by atoms with van der Waals surface area (Å²) in [7, 11) is 0. The number of thioether (sulfide) groups is 1. The van der Waals surface area contributed by atoms with Crippen LogP contribution in [0.15, 0.2) is 12.4 Å². The van der Waals surface area contributed by atoms with Gasteiger partial charge in [-0.25, -0.2) is 9.97 Å². The van der Waals surface area contributed by atoms with E-state index in [1.54, 1.807) is 12.4 Å². The van der Waals surface area contributed by atoms with Crippen LogP contribution in [0.25, 0.3) is 0 Å². The van der Waals surface area contributed by atoms with Crippen LogP contribution in [-0.2, 0) is 0 Å². The number of nitrogens with one attached hydrogen (secondary N) is 1. The van der Waals surface area contributed by atoms with Gasteiger partial charge in [-0.1, -0.05) is 24.9 Å². The van der Waals surface area contributed by atoms with Gasteiger partial charge in [-0.2, -0.15) is 11.8 Å². The number of nitrogens with zero attached hydrogens (tertiary/aromatic N) is 2. The first-order chi connectivity index (χ1) is 7.81. The van der Waals surface area contributed by atoms with E-state index in [-0.39, 0.29) is 0 Å². The maximum Gasteiger partial charge on any atom is 0.171 e. The maximum atomic E-state index is 5.98. The van der Waals surface area contributed by atoms with Gasteiger partial charge in [-0.05, 0) is 18.6 Å². The van der Waals surface area contributed by atoms with Gasteiger partial charge in [0.25, 0.3) is 0 Å². The van der Waals surface area contributed by atoms with Crippen molar-refractivity contribution in [3.05, 3.63) is 17.5 Å². The first kappa shape index (κ1) is 12.0. The van der Waals surface area contributed by atoms with Crippen LogP contribution >= 0.6 is 23.4 Å². The number of anilines is 1. The Morgan fingerprint density at radius 3 is 3.00 bits per heavy atom. The highest BCUT2D eigenvalue weighted by atomic mass is 35.5. The van der Waals surface area contributed by atoms with Crippen molar-refractivity contribution in [3.8, 4) is 0 Å². The van der Waals surface area contributed by atoms with Crippen LogP contribution in [0.3, 0.4) is 0 Å². The normalized spacial score (nSPS) is 24.6. The second-order valence-electron chi connectivity index (χ2n) is 3.87. The minimum Gasteiger partial charge on any atom is -0.364 e. The Bertz CT molecular complexity index is 348. The van der Waals surface area contributed by atoms with E-state index < -0.39 is 0 Å². The van der Waals surface area contributed by atoms with E-state index in [1.165, 1.54) is 19.3 Å². The third-order valence-electron chi connectivity index (χ3n) is 2.81. The first-order valence-electron chi connectivity index (χ1n) is 5.66. The second kappa shape index (κ2) is 5.73. The molecule has 16 heavy (non-hydrogen) atoms. The quantitative estimate of drug-likeness (QED) is 0.899. The largest absolute Gasteiger partial charge is 0.364 e. The zero-order valence-electron chi connectivity index (χ0n) is 9.32. The van der Waals surface area contributed by atoms with E-state index >= 15 is 0 Å². The van der Waals surface area contributed by atoms with Crippen molar-refractivity contribution in [1.82, 2.24) is 9.97 Å². The van der Waals surface area contributed by atoms with Crippen molar-refractivity contribution in [2.75, 3.05) is 11.1 Å². The second-order valence-corrected chi connectivity index (χ2v) is 5.75. The van der Waals surface area contributed by atoms with Crippen molar-refractivity contribution in [2.45, 2.75) is 37.5 Å². The highest BCUT2D eigenvalue weighted by molar-refractivity contribution is 7.99. The SMILES string of the molecule is CCSC1CCCC1Nc1nccnc1Cl. The molecule has 2 rings (SSSR count). The Morgan fingerprint density at radius 1 is 1.44 bits per heavy atom. The fourth-order valence-corrected chi connectivity index (χ4v) is 3.46. The van der Waals surface area contributed by atoms with Gasteiger partial charge in [0, 0.05) is 23.7 Å². The molecule has 1 aromatic heterocycles. The molecule has 1 fully saturated rings. The van der Waals surface area contributed by atoms with Crippen LogP contribution < -0.4 is 5.32 Å². The fraction of sp³-hybridized carbons (Fsp3) is 0.636. The molecule has 0 saturated heterocycles. The Kier molecular flexibility index (Phi) is 4.29. The smallest absolute Gasteiger partial charge is 0.171 e. The van der Waals surface area contributed by atoms with E-state index in [1.807, 2.05) is 11.8 Å². The van der Waals surface area contributed by atoms with Gasteiger partial charge in [-0.15, -0.1) is 0 Å². The van der Waals surface area contributed by atoms with Crippen molar-refractivity contribution in [2.24, 2.45) is 0 Å². The van der Waals surface area contributed by atoms with E-state index in [0.717, 1.165) is 11.6 Å². The molecule has 1 heterocycles. The molecule has 2 atom stereocenters. The van der Waals surface area contributed by atoms with E-state index in [0.29, 0.717) is 16.4 Å². The molecule has 0 amide bonds. The van der Waals surface area contributed by atoms with E-state index in [2.05, 4.69) is 22.2 Å². The summed E-state index contributed by atoms with van der Waals surface area (Å²) in [6.07, 6.45) is 7.05. The molecule has 1 aliphatic rings. The summed E-state index contributed by atoms with van der Waals surface area (Å²) in [6.45, 7) is 2.20. The summed E-state index contributed by atoms with van der Waals surface area (Å²) in [4.78, 5) is 8.25. The molecule has 0 bridgehead atoms. The van der Waals surface area contributed by atoms with Gasteiger partial charge in [-0.3, -0.25) is 0 Å². The van der Waals surface area contributed by atoms with Crippen LogP contribution in [0.4, 0.5) is 5.82 Å². The van der Waals surface area contributed by atoms with Crippen LogP contribution in [0.2, 0.25) is 5.15 Å². The Hall–Kier alpha value is -0.480. The zero-order valence-corrected chi connectivity index (χ0v) is 10.9. The monoisotopic (exact) mass is 257 g/mol. The summed E-state index contributed by atoms with van der Waals surface area (Å²) in [6, 6.07) is 0.485. The molecule has 1 N–H and O–H groups in total. The predicted octanol–water partition coefficient (Wildman–Crippen LogP) is 3.22. The van der Waals surface area contributed by atoms with Crippen molar-refractivity contribution in [3.63, 3.8) is 0 Å². The molecule has 0 spiro atoms. The lowest BCUT2D eigenvalue weighted by Gasteiger charge is -2.20. The average Bonchev–Trinajstić information content (AvgIpc) is 2.70. The van der Waals surface area contributed by atoms with Gasteiger partial charge in [0.15, 0.2) is 11.0 Å². The number of rotatable bonds is 4. The lowest BCUT2D eigenvalue weighted by Crippen LogP contribution is -2.26. The maximum absolute atomic E-state index is 5.98. The first-order valence-corrected chi connectivity index (χ1v) is 7.08. The van der Waals surface area contributed by atoms with Crippen molar-refractivity contribution < 1.29 is 0 Å². The van der Waals surface area contributed by atoms with E-state index in [9.17, 15) is 0 Å². The molecule has 3 nitrogen and oxygen atoms in total. The summed E-state index contributed by atoms with van der Waals surface area (Å²) in [5.41, 5.74) is 0. The zero-order chi connectivity index (χ0) is 11.4. The molecule has 0 aliphatic heterocycles. The third-order valence-corrected chi connectivity index (χ3v) is 4.41. The average molecular weight is 258 g/mol. The molecule has 88 valence electrons. The highest BCUT2D eigenvalue weighted by Gasteiger charge is 2.27. The molecule has 1 aromatic rings.